The van der Waals surface area contributed by atoms with E-state index in [1.165, 1.54) is 13.0 Å². The number of rotatable bonds is 5. The molecule has 2 aromatic rings. The van der Waals surface area contributed by atoms with E-state index in [1.807, 2.05) is 30.3 Å². The maximum Gasteiger partial charge on any atom is 0.244 e. The summed E-state index contributed by atoms with van der Waals surface area (Å²) < 4.78 is 0. The van der Waals surface area contributed by atoms with Crippen LogP contribution < -0.4 is 10.6 Å². The zero-order valence-corrected chi connectivity index (χ0v) is 13.4. The average molecular weight is 329 g/mol. The Morgan fingerprint density at radius 2 is 1.87 bits per heavy atom. The predicted molar refractivity (Wildman–Crippen MR) is 93.1 cm³/mol. The van der Waals surface area contributed by atoms with Crippen LogP contribution in [-0.4, -0.2) is 11.8 Å². The van der Waals surface area contributed by atoms with Crippen molar-refractivity contribution in [3.8, 4) is 0 Å². The van der Waals surface area contributed by atoms with Crippen LogP contribution in [0.4, 0.5) is 5.69 Å². The zero-order valence-electron chi connectivity index (χ0n) is 12.7. The molecular weight excluding hydrogens is 312 g/mol. The second-order valence-corrected chi connectivity index (χ2v) is 5.42. The molecular formula is C18H17ClN2O2. The van der Waals surface area contributed by atoms with E-state index in [0.717, 1.165) is 16.8 Å². The van der Waals surface area contributed by atoms with Crippen molar-refractivity contribution in [1.29, 1.82) is 0 Å². The van der Waals surface area contributed by atoms with Crippen molar-refractivity contribution in [2.75, 3.05) is 5.32 Å². The number of nitrogens with one attached hydrogen (secondary N) is 2. The minimum absolute atomic E-state index is 0.117. The van der Waals surface area contributed by atoms with Gasteiger partial charge >= 0.3 is 0 Å². The highest BCUT2D eigenvalue weighted by molar-refractivity contribution is 6.30. The molecule has 0 spiro atoms. The lowest BCUT2D eigenvalue weighted by Gasteiger charge is -2.03. The normalized spacial score (nSPS) is 10.5. The molecule has 2 amide bonds. The number of carbonyl (C=O) groups excluding carboxylic acids is 2. The van der Waals surface area contributed by atoms with Crippen molar-refractivity contribution in [3.63, 3.8) is 0 Å². The van der Waals surface area contributed by atoms with Crippen LogP contribution in [0.1, 0.15) is 18.1 Å². The van der Waals surface area contributed by atoms with E-state index in [4.69, 9.17) is 11.6 Å². The highest BCUT2D eigenvalue weighted by atomic mass is 35.5. The fraction of sp³-hybridized carbons (Fsp3) is 0.111. The summed E-state index contributed by atoms with van der Waals surface area (Å²) in [5.74, 6) is -0.301. The molecule has 2 aromatic carbocycles. The first-order chi connectivity index (χ1) is 11.0. The summed E-state index contributed by atoms with van der Waals surface area (Å²) in [6, 6.07) is 14.6. The predicted octanol–water partition coefficient (Wildman–Crippen LogP) is 3.63. The molecule has 0 aromatic heterocycles. The summed E-state index contributed by atoms with van der Waals surface area (Å²) in [7, 11) is 0. The number of hydrogen-bond donors (Lipinski definition) is 2. The van der Waals surface area contributed by atoms with Gasteiger partial charge in [-0.1, -0.05) is 35.9 Å². The third-order valence-electron chi connectivity index (χ3n) is 3.01. The molecule has 0 aliphatic rings. The first-order valence-corrected chi connectivity index (χ1v) is 7.49. The second kappa shape index (κ2) is 8.15. The lowest BCUT2D eigenvalue weighted by Crippen LogP contribution is -2.20. The van der Waals surface area contributed by atoms with Gasteiger partial charge in [0.2, 0.25) is 11.8 Å². The van der Waals surface area contributed by atoms with Gasteiger partial charge in [-0.25, -0.2) is 0 Å². The van der Waals surface area contributed by atoms with E-state index in [9.17, 15) is 9.59 Å². The largest absolute Gasteiger partial charge is 0.348 e. The Kier molecular flexibility index (Phi) is 5.94. The van der Waals surface area contributed by atoms with E-state index >= 15 is 0 Å². The Bertz CT molecular complexity index is 724. The van der Waals surface area contributed by atoms with E-state index < -0.39 is 0 Å². The smallest absolute Gasteiger partial charge is 0.244 e. The summed E-state index contributed by atoms with van der Waals surface area (Å²) in [4.78, 5) is 22.7. The fourth-order valence-corrected chi connectivity index (χ4v) is 2.16. The molecule has 5 heteroatoms. The van der Waals surface area contributed by atoms with Gasteiger partial charge in [-0.05, 0) is 41.5 Å². The van der Waals surface area contributed by atoms with Crippen LogP contribution in [0.3, 0.4) is 0 Å². The molecule has 118 valence electrons. The summed E-state index contributed by atoms with van der Waals surface area (Å²) in [5.41, 5.74) is 2.54. The number of halogens is 1. The van der Waals surface area contributed by atoms with Gasteiger partial charge in [-0.15, -0.1) is 0 Å². The Balaban J connectivity index is 1.86. The summed E-state index contributed by atoms with van der Waals surface area (Å²) in [6.45, 7) is 1.88. The Labute approximate surface area is 140 Å². The molecule has 0 aliphatic carbocycles. The number of anilines is 1. The van der Waals surface area contributed by atoms with Gasteiger partial charge in [0.05, 0.1) is 0 Å². The molecule has 2 N–H and O–H groups in total. The first kappa shape index (κ1) is 16.8. The minimum Gasteiger partial charge on any atom is -0.348 e. The molecule has 0 atom stereocenters. The molecule has 0 radical (unpaired) electrons. The Morgan fingerprint density at radius 1 is 1.13 bits per heavy atom. The van der Waals surface area contributed by atoms with Gasteiger partial charge in [-0.2, -0.15) is 0 Å². The van der Waals surface area contributed by atoms with Crippen LogP contribution in [0.15, 0.2) is 54.6 Å². The van der Waals surface area contributed by atoms with Crippen molar-refractivity contribution in [1.82, 2.24) is 5.32 Å². The molecule has 2 rings (SSSR count). The maximum atomic E-state index is 11.8. The van der Waals surface area contributed by atoms with Crippen LogP contribution in [0, 0.1) is 0 Å². The van der Waals surface area contributed by atoms with E-state index in [1.54, 1.807) is 24.3 Å². The second-order valence-electron chi connectivity index (χ2n) is 4.98. The first-order valence-electron chi connectivity index (χ1n) is 7.11. The van der Waals surface area contributed by atoms with E-state index in [-0.39, 0.29) is 11.8 Å². The Hall–Kier alpha value is -2.59. The molecule has 23 heavy (non-hydrogen) atoms. The van der Waals surface area contributed by atoms with Crippen molar-refractivity contribution >= 4 is 35.2 Å². The highest BCUT2D eigenvalue weighted by Gasteiger charge is 1.98. The summed E-state index contributed by atoms with van der Waals surface area (Å²) in [6.07, 6.45) is 3.18. The van der Waals surface area contributed by atoms with Gasteiger partial charge in [0.1, 0.15) is 0 Å². The number of benzene rings is 2. The number of amides is 2. The van der Waals surface area contributed by atoms with Crippen LogP contribution in [0.5, 0.6) is 0 Å². The molecule has 0 aliphatic heterocycles. The molecule has 0 bridgehead atoms. The van der Waals surface area contributed by atoms with Crippen molar-refractivity contribution in [2.45, 2.75) is 13.5 Å². The standard InChI is InChI=1S/C18H17ClN2O2/c1-13(22)21-17-8-5-14(6-9-17)7-10-18(23)20-12-15-3-2-4-16(19)11-15/h2-11H,12H2,1H3,(H,20,23)(H,21,22)/b10-7+. The van der Waals surface area contributed by atoms with Crippen LogP contribution >= 0.6 is 11.6 Å². The molecule has 4 nitrogen and oxygen atoms in total. The molecule has 0 unspecified atom stereocenters. The van der Waals surface area contributed by atoms with Crippen LogP contribution in [0.25, 0.3) is 6.08 Å². The highest BCUT2D eigenvalue weighted by Crippen LogP contribution is 2.11. The van der Waals surface area contributed by atoms with Crippen molar-refractivity contribution in [3.05, 3.63) is 70.8 Å². The lowest BCUT2D eigenvalue weighted by molar-refractivity contribution is -0.116. The quantitative estimate of drug-likeness (QED) is 0.823. The molecule has 0 saturated carbocycles. The van der Waals surface area contributed by atoms with Crippen LogP contribution in [0.2, 0.25) is 5.02 Å². The van der Waals surface area contributed by atoms with Gasteiger partial charge in [0.25, 0.3) is 0 Å². The monoisotopic (exact) mass is 328 g/mol. The number of hydrogen-bond acceptors (Lipinski definition) is 2. The van der Waals surface area contributed by atoms with Gasteiger partial charge in [0, 0.05) is 30.3 Å². The van der Waals surface area contributed by atoms with Crippen molar-refractivity contribution < 1.29 is 9.59 Å². The Morgan fingerprint density at radius 3 is 2.52 bits per heavy atom. The average Bonchev–Trinajstić information content (AvgIpc) is 2.52. The summed E-state index contributed by atoms with van der Waals surface area (Å²) >= 11 is 5.89. The third-order valence-corrected chi connectivity index (χ3v) is 3.25. The maximum absolute atomic E-state index is 11.8. The van der Waals surface area contributed by atoms with Crippen LogP contribution in [-0.2, 0) is 16.1 Å². The zero-order chi connectivity index (χ0) is 16.7. The minimum atomic E-state index is -0.184. The SMILES string of the molecule is CC(=O)Nc1ccc(/C=C/C(=O)NCc2cccc(Cl)c2)cc1. The van der Waals surface area contributed by atoms with Gasteiger partial charge in [0.15, 0.2) is 0 Å². The molecule has 0 saturated heterocycles. The topological polar surface area (TPSA) is 58.2 Å². The van der Waals surface area contributed by atoms with E-state index in [0.29, 0.717) is 11.6 Å². The summed E-state index contributed by atoms with van der Waals surface area (Å²) in [5, 5.41) is 6.12. The van der Waals surface area contributed by atoms with Crippen molar-refractivity contribution in [2.24, 2.45) is 0 Å². The number of carbonyl (C=O) groups is 2. The van der Waals surface area contributed by atoms with Gasteiger partial charge in [-0.3, -0.25) is 9.59 Å². The molecule has 0 heterocycles. The van der Waals surface area contributed by atoms with Gasteiger partial charge < -0.3 is 10.6 Å². The lowest BCUT2D eigenvalue weighted by atomic mass is 10.2. The fourth-order valence-electron chi connectivity index (χ4n) is 1.95. The third kappa shape index (κ3) is 5.96. The molecule has 0 fully saturated rings. The van der Waals surface area contributed by atoms with E-state index in [2.05, 4.69) is 10.6 Å².